The first-order valence-electron chi connectivity index (χ1n) is 8.76. The molecule has 7 heteroatoms. The zero-order valence-electron chi connectivity index (χ0n) is 15.7. The molecule has 2 N–H and O–H groups in total. The van der Waals surface area contributed by atoms with Gasteiger partial charge in [0.05, 0.1) is 21.3 Å². The number of carbonyl (C=O) groups is 2. The van der Waals surface area contributed by atoms with Gasteiger partial charge in [0.1, 0.15) is 0 Å². The van der Waals surface area contributed by atoms with Crippen LogP contribution in [0.2, 0.25) is 0 Å². The predicted molar refractivity (Wildman–Crippen MR) is 113 cm³/mol. The number of fused-ring (bicyclic) bond motifs is 2. The molecule has 0 saturated heterocycles. The molecule has 2 aromatic carbocycles. The number of anilines is 2. The molecule has 0 fully saturated rings. The van der Waals surface area contributed by atoms with Crippen molar-refractivity contribution in [1.82, 2.24) is 9.97 Å². The average molecular weight is 390 g/mol. The van der Waals surface area contributed by atoms with Crippen LogP contribution in [0.3, 0.4) is 0 Å². The molecule has 2 aromatic heterocycles. The Morgan fingerprint density at radius 2 is 1.71 bits per heavy atom. The van der Waals surface area contributed by atoms with Crippen molar-refractivity contribution < 1.29 is 9.59 Å². The Labute approximate surface area is 165 Å². The summed E-state index contributed by atoms with van der Waals surface area (Å²) in [6.07, 6.45) is 0. The van der Waals surface area contributed by atoms with E-state index in [0.717, 1.165) is 32.4 Å². The van der Waals surface area contributed by atoms with E-state index in [1.54, 1.807) is 12.1 Å². The minimum atomic E-state index is -0.188. The first-order chi connectivity index (χ1) is 13.4. The van der Waals surface area contributed by atoms with Crippen molar-refractivity contribution in [2.24, 2.45) is 0 Å². The first kappa shape index (κ1) is 18.1. The molecule has 0 spiro atoms. The molecule has 2 heterocycles. The van der Waals surface area contributed by atoms with Crippen molar-refractivity contribution in [3.05, 3.63) is 59.3 Å². The summed E-state index contributed by atoms with van der Waals surface area (Å²) in [6.45, 7) is 5.31. The Kier molecular flexibility index (Phi) is 4.52. The molecular formula is C21H18N4O2S. The molecule has 6 nitrogen and oxygen atoms in total. The molecule has 140 valence electrons. The number of carbonyl (C=O) groups excluding carboxylic acids is 2. The smallest absolute Gasteiger partial charge is 0.256 e. The second-order valence-corrected chi connectivity index (χ2v) is 7.70. The molecule has 0 saturated carbocycles. The van der Waals surface area contributed by atoms with Crippen LogP contribution in [0.1, 0.15) is 28.5 Å². The average Bonchev–Trinajstić information content (AvgIpc) is 3.02. The van der Waals surface area contributed by atoms with Crippen LogP contribution in [-0.2, 0) is 4.79 Å². The summed E-state index contributed by atoms with van der Waals surface area (Å²) in [5, 5.41) is 7.02. The topological polar surface area (TPSA) is 84.0 Å². The van der Waals surface area contributed by atoms with Gasteiger partial charge in [0.2, 0.25) is 5.91 Å². The number of amides is 2. The lowest BCUT2D eigenvalue weighted by molar-refractivity contribution is -0.114. The Bertz CT molecular complexity index is 1250. The standard InChI is InChI=1S/C21H18N4O2S/c1-11-4-6-17-15(8-11)16(9-12(2)22-17)20(27)24-14-5-7-18-19(10-14)28-21(25-18)23-13(3)26/h4-10H,1-3H3,(H,24,27)(H,23,25,26). The minimum Gasteiger partial charge on any atom is -0.322 e. The highest BCUT2D eigenvalue weighted by molar-refractivity contribution is 7.22. The number of hydrogen-bond donors (Lipinski definition) is 2. The summed E-state index contributed by atoms with van der Waals surface area (Å²) in [5.74, 6) is -0.352. The van der Waals surface area contributed by atoms with Gasteiger partial charge in [0.15, 0.2) is 5.13 Å². The maximum absolute atomic E-state index is 13.0. The van der Waals surface area contributed by atoms with Crippen LogP contribution in [0.15, 0.2) is 42.5 Å². The lowest BCUT2D eigenvalue weighted by Crippen LogP contribution is -2.13. The fraction of sp³-hybridized carbons (Fsp3) is 0.143. The van der Waals surface area contributed by atoms with Gasteiger partial charge < -0.3 is 10.6 Å². The number of pyridine rings is 1. The third-order valence-corrected chi connectivity index (χ3v) is 5.20. The van der Waals surface area contributed by atoms with Crippen molar-refractivity contribution in [1.29, 1.82) is 0 Å². The van der Waals surface area contributed by atoms with Crippen LogP contribution in [0.4, 0.5) is 10.8 Å². The van der Waals surface area contributed by atoms with Crippen LogP contribution in [0, 0.1) is 13.8 Å². The van der Waals surface area contributed by atoms with Crippen LogP contribution >= 0.6 is 11.3 Å². The zero-order valence-corrected chi connectivity index (χ0v) is 16.5. The summed E-state index contributed by atoms with van der Waals surface area (Å²) in [4.78, 5) is 33.1. The maximum Gasteiger partial charge on any atom is 0.256 e. The molecular weight excluding hydrogens is 372 g/mol. The van der Waals surface area contributed by atoms with Gasteiger partial charge in [-0.2, -0.15) is 0 Å². The highest BCUT2D eigenvalue weighted by Gasteiger charge is 2.14. The third kappa shape index (κ3) is 3.57. The summed E-state index contributed by atoms with van der Waals surface area (Å²) < 4.78 is 0.883. The van der Waals surface area contributed by atoms with E-state index in [1.165, 1.54) is 18.3 Å². The van der Waals surface area contributed by atoms with E-state index in [9.17, 15) is 9.59 Å². The molecule has 0 aliphatic carbocycles. The Balaban J connectivity index is 1.67. The fourth-order valence-corrected chi connectivity index (χ4v) is 4.02. The van der Waals surface area contributed by atoms with Crippen LogP contribution in [-0.4, -0.2) is 21.8 Å². The van der Waals surface area contributed by atoms with E-state index >= 15 is 0 Å². The number of rotatable bonds is 3. The molecule has 0 unspecified atom stereocenters. The largest absolute Gasteiger partial charge is 0.322 e. The molecule has 4 rings (SSSR count). The molecule has 0 aliphatic heterocycles. The summed E-state index contributed by atoms with van der Waals surface area (Å²) >= 11 is 1.37. The van der Waals surface area contributed by atoms with E-state index in [4.69, 9.17) is 0 Å². The van der Waals surface area contributed by atoms with Crippen LogP contribution in [0.5, 0.6) is 0 Å². The first-order valence-corrected chi connectivity index (χ1v) is 9.58. The van der Waals surface area contributed by atoms with Crippen molar-refractivity contribution in [2.75, 3.05) is 10.6 Å². The van der Waals surface area contributed by atoms with Gasteiger partial charge >= 0.3 is 0 Å². The van der Waals surface area contributed by atoms with Gasteiger partial charge in [-0.1, -0.05) is 23.0 Å². The quantitative estimate of drug-likeness (QED) is 0.532. The van der Waals surface area contributed by atoms with Gasteiger partial charge in [-0.05, 0) is 50.2 Å². The van der Waals surface area contributed by atoms with Crippen molar-refractivity contribution in [2.45, 2.75) is 20.8 Å². The minimum absolute atomic E-state index is 0.164. The van der Waals surface area contributed by atoms with Gasteiger partial charge in [-0.3, -0.25) is 14.6 Å². The molecule has 0 aliphatic rings. The SMILES string of the molecule is CC(=O)Nc1nc2ccc(NC(=O)c3cc(C)nc4ccc(C)cc34)cc2s1. The summed E-state index contributed by atoms with van der Waals surface area (Å²) in [5.41, 5.74) is 4.70. The molecule has 0 atom stereocenters. The zero-order chi connectivity index (χ0) is 19.8. The maximum atomic E-state index is 13.0. The van der Waals surface area contributed by atoms with Crippen LogP contribution < -0.4 is 10.6 Å². The number of nitrogens with zero attached hydrogens (tertiary/aromatic N) is 2. The number of aromatic nitrogens is 2. The molecule has 0 radical (unpaired) electrons. The second kappa shape index (κ2) is 7.01. The van der Waals surface area contributed by atoms with Crippen molar-refractivity contribution in [3.63, 3.8) is 0 Å². The van der Waals surface area contributed by atoms with Crippen molar-refractivity contribution in [3.8, 4) is 0 Å². The number of thiazole rings is 1. The normalized spacial score (nSPS) is 11.0. The highest BCUT2D eigenvalue weighted by atomic mass is 32.1. The van der Waals surface area contributed by atoms with Gasteiger partial charge in [-0.15, -0.1) is 0 Å². The van der Waals surface area contributed by atoms with Gasteiger partial charge in [0, 0.05) is 23.7 Å². The van der Waals surface area contributed by atoms with E-state index in [1.807, 2.05) is 44.2 Å². The summed E-state index contributed by atoms with van der Waals surface area (Å²) in [7, 11) is 0. The molecule has 0 bridgehead atoms. The van der Waals surface area contributed by atoms with Gasteiger partial charge in [0.25, 0.3) is 5.91 Å². The van der Waals surface area contributed by atoms with E-state index < -0.39 is 0 Å². The van der Waals surface area contributed by atoms with Gasteiger partial charge in [-0.25, -0.2) is 4.98 Å². The van der Waals surface area contributed by atoms with E-state index in [-0.39, 0.29) is 11.8 Å². The predicted octanol–water partition coefficient (Wildman–Crippen LogP) is 4.67. The Hall–Kier alpha value is -3.32. The van der Waals surface area contributed by atoms with E-state index in [0.29, 0.717) is 16.4 Å². The lowest BCUT2D eigenvalue weighted by Gasteiger charge is -2.10. The van der Waals surface area contributed by atoms with Crippen molar-refractivity contribution >= 4 is 55.1 Å². The molecule has 28 heavy (non-hydrogen) atoms. The monoisotopic (exact) mass is 390 g/mol. The number of nitrogens with one attached hydrogen (secondary N) is 2. The Morgan fingerprint density at radius 3 is 2.50 bits per heavy atom. The van der Waals surface area contributed by atoms with E-state index in [2.05, 4.69) is 20.6 Å². The second-order valence-electron chi connectivity index (χ2n) is 6.67. The number of hydrogen-bond acceptors (Lipinski definition) is 5. The highest BCUT2D eigenvalue weighted by Crippen LogP contribution is 2.29. The lowest BCUT2D eigenvalue weighted by atomic mass is 10.0. The molecule has 4 aromatic rings. The summed E-state index contributed by atoms with van der Waals surface area (Å²) in [6, 6.07) is 13.2. The fourth-order valence-electron chi connectivity index (χ4n) is 3.06. The van der Waals surface area contributed by atoms with Crippen LogP contribution in [0.25, 0.3) is 21.1 Å². The Morgan fingerprint density at radius 1 is 0.929 bits per heavy atom. The molecule has 2 amide bonds. The number of aryl methyl sites for hydroxylation is 2. The third-order valence-electron chi connectivity index (χ3n) is 4.27. The number of benzene rings is 2.